The van der Waals surface area contributed by atoms with Crippen LogP contribution in [0.5, 0.6) is 0 Å². The summed E-state index contributed by atoms with van der Waals surface area (Å²) in [7, 11) is 0. The Bertz CT molecular complexity index is 840. The summed E-state index contributed by atoms with van der Waals surface area (Å²) in [6.45, 7) is 8.48. The monoisotopic (exact) mass is 382 g/mol. The van der Waals surface area contributed by atoms with E-state index in [-0.39, 0.29) is 23.3 Å². The van der Waals surface area contributed by atoms with Crippen molar-refractivity contribution in [2.75, 3.05) is 16.0 Å². The van der Waals surface area contributed by atoms with Gasteiger partial charge in [0.1, 0.15) is 0 Å². The Hall–Kier alpha value is -2.27. The van der Waals surface area contributed by atoms with Crippen molar-refractivity contribution in [3.8, 4) is 0 Å². The van der Waals surface area contributed by atoms with Gasteiger partial charge in [0.05, 0.1) is 17.1 Å². The molecule has 0 radical (unpaired) electrons. The van der Waals surface area contributed by atoms with Gasteiger partial charge in [-0.15, -0.1) is 11.8 Å². The summed E-state index contributed by atoms with van der Waals surface area (Å²) in [5.74, 6) is 0.286. The molecule has 1 aliphatic heterocycles. The van der Waals surface area contributed by atoms with Crippen LogP contribution in [-0.2, 0) is 15.0 Å². The molecule has 142 valence electrons. The zero-order chi connectivity index (χ0) is 19.6. The van der Waals surface area contributed by atoms with Crippen LogP contribution in [0.15, 0.2) is 53.4 Å². The molecule has 0 spiro atoms. The Kier molecular flexibility index (Phi) is 5.61. The van der Waals surface area contributed by atoms with Crippen LogP contribution in [0.3, 0.4) is 0 Å². The quantitative estimate of drug-likeness (QED) is 0.773. The molecule has 1 N–H and O–H groups in total. The predicted molar refractivity (Wildman–Crippen MR) is 113 cm³/mol. The zero-order valence-electron chi connectivity index (χ0n) is 16.3. The topological polar surface area (TPSA) is 49.4 Å². The number of carbonyl (C=O) groups is 2. The number of hydrogen-bond acceptors (Lipinski definition) is 3. The lowest BCUT2D eigenvalue weighted by Crippen LogP contribution is -2.40. The number of nitrogens with zero attached hydrogens (tertiary/aromatic N) is 1. The smallest absolute Gasteiger partial charge is 0.237 e. The Morgan fingerprint density at radius 1 is 1.15 bits per heavy atom. The molecule has 0 aliphatic carbocycles. The van der Waals surface area contributed by atoms with Crippen LogP contribution in [0.1, 0.15) is 39.7 Å². The molecule has 1 heterocycles. The molecule has 0 aromatic heterocycles. The Balaban J connectivity index is 1.74. The normalized spacial score (nSPS) is 17.1. The van der Waals surface area contributed by atoms with E-state index in [1.54, 1.807) is 4.90 Å². The van der Waals surface area contributed by atoms with E-state index in [9.17, 15) is 9.59 Å². The largest absolute Gasteiger partial charge is 0.324 e. The maximum atomic E-state index is 13.0. The van der Waals surface area contributed by atoms with Crippen LogP contribution in [0.4, 0.5) is 11.4 Å². The van der Waals surface area contributed by atoms with E-state index in [1.165, 1.54) is 17.3 Å². The lowest BCUT2D eigenvalue weighted by molar-refractivity contribution is -0.117. The molecule has 2 amide bonds. The van der Waals surface area contributed by atoms with Gasteiger partial charge >= 0.3 is 0 Å². The van der Waals surface area contributed by atoms with Gasteiger partial charge < -0.3 is 10.2 Å². The summed E-state index contributed by atoms with van der Waals surface area (Å²) in [5.41, 5.74) is 2.85. The average molecular weight is 383 g/mol. The highest BCUT2D eigenvalue weighted by Crippen LogP contribution is 2.32. The fraction of sp³-hybridized carbons (Fsp3) is 0.364. The number of rotatable bonds is 3. The van der Waals surface area contributed by atoms with Crippen molar-refractivity contribution in [1.29, 1.82) is 0 Å². The molecule has 0 fully saturated rings. The first-order valence-electron chi connectivity index (χ1n) is 9.20. The second-order valence-electron chi connectivity index (χ2n) is 7.95. The third-order valence-electron chi connectivity index (χ3n) is 4.71. The van der Waals surface area contributed by atoms with Crippen LogP contribution >= 0.6 is 11.8 Å². The molecule has 2 aromatic rings. The summed E-state index contributed by atoms with van der Waals surface area (Å²) in [4.78, 5) is 27.9. The van der Waals surface area contributed by atoms with Crippen molar-refractivity contribution in [2.45, 2.75) is 50.5 Å². The van der Waals surface area contributed by atoms with E-state index in [0.717, 1.165) is 10.6 Å². The zero-order valence-corrected chi connectivity index (χ0v) is 17.1. The standard InChI is InChI=1S/C22H26N2O2S/c1-15-13-20(25)23-18-7-5-6-8-19(18)24(15)21(26)14-27-17-11-9-16(10-12-17)22(2,3)4/h5-12,15H,13-14H2,1-4H3,(H,23,25). The van der Waals surface area contributed by atoms with Crippen molar-refractivity contribution in [3.63, 3.8) is 0 Å². The molecule has 3 rings (SSSR count). The molecule has 1 unspecified atom stereocenters. The van der Waals surface area contributed by atoms with E-state index in [1.807, 2.05) is 31.2 Å². The summed E-state index contributed by atoms with van der Waals surface area (Å²) >= 11 is 1.53. The van der Waals surface area contributed by atoms with Gasteiger partial charge in [-0.3, -0.25) is 9.59 Å². The maximum absolute atomic E-state index is 13.0. The number of nitrogens with one attached hydrogen (secondary N) is 1. The SMILES string of the molecule is CC1CC(=O)Nc2ccccc2N1C(=O)CSc1ccc(C(C)(C)C)cc1. The third kappa shape index (κ3) is 4.53. The van der Waals surface area contributed by atoms with Crippen molar-refractivity contribution >= 4 is 35.0 Å². The van der Waals surface area contributed by atoms with E-state index in [0.29, 0.717) is 17.9 Å². The van der Waals surface area contributed by atoms with Crippen molar-refractivity contribution < 1.29 is 9.59 Å². The van der Waals surface area contributed by atoms with Crippen LogP contribution in [0.2, 0.25) is 0 Å². The van der Waals surface area contributed by atoms with Gasteiger partial charge in [-0.05, 0) is 42.2 Å². The van der Waals surface area contributed by atoms with Crippen LogP contribution in [0, 0.1) is 0 Å². The number of benzene rings is 2. The Morgan fingerprint density at radius 3 is 2.48 bits per heavy atom. The van der Waals surface area contributed by atoms with Gasteiger partial charge in [0.15, 0.2) is 0 Å². The van der Waals surface area contributed by atoms with Gasteiger partial charge in [0, 0.05) is 17.4 Å². The molecule has 0 saturated heterocycles. The minimum absolute atomic E-state index is 0.0105. The van der Waals surface area contributed by atoms with Crippen molar-refractivity contribution in [2.24, 2.45) is 0 Å². The number of amides is 2. The fourth-order valence-electron chi connectivity index (χ4n) is 3.23. The highest BCUT2D eigenvalue weighted by Gasteiger charge is 2.29. The lowest BCUT2D eigenvalue weighted by Gasteiger charge is -2.27. The van der Waals surface area contributed by atoms with Crippen molar-refractivity contribution in [3.05, 3.63) is 54.1 Å². The first-order valence-corrected chi connectivity index (χ1v) is 10.2. The molecule has 4 nitrogen and oxygen atoms in total. The predicted octanol–water partition coefficient (Wildman–Crippen LogP) is 4.84. The molecule has 1 atom stereocenters. The van der Waals surface area contributed by atoms with Gasteiger partial charge in [0.2, 0.25) is 11.8 Å². The number of thioether (sulfide) groups is 1. The van der Waals surface area contributed by atoms with Gasteiger partial charge in [-0.2, -0.15) is 0 Å². The highest BCUT2D eigenvalue weighted by atomic mass is 32.2. The summed E-state index contributed by atoms with van der Waals surface area (Å²) in [6.07, 6.45) is 0.297. The first-order chi connectivity index (χ1) is 12.8. The second kappa shape index (κ2) is 7.77. The first kappa shape index (κ1) is 19.5. The minimum atomic E-state index is -0.176. The van der Waals surface area contributed by atoms with Crippen LogP contribution < -0.4 is 10.2 Å². The third-order valence-corrected chi connectivity index (χ3v) is 5.71. The summed E-state index contributed by atoms with van der Waals surface area (Å²) in [6, 6.07) is 15.7. The molecule has 5 heteroatoms. The number of para-hydroxylation sites is 2. The summed E-state index contributed by atoms with van der Waals surface area (Å²) < 4.78 is 0. The Labute approximate surface area is 165 Å². The van der Waals surface area contributed by atoms with Gasteiger partial charge in [-0.25, -0.2) is 0 Å². The fourth-order valence-corrected chi connectivity index (χ4v) is 3.99. The molecule has 27 heavy (non-hydrogen) atoms. The van der Waals surface area contributed by atoms with E-state index in [4.69, 9.17) is 0 Å². The van der Waals surface area contributed by atoms with E-state index >= 15 is 0 Å². The van der Waals surface area contributed by atoms with Crippen LogP contribution in [-0.4, -0.2) is 23.6 Å². The second-order valence-corrected chi connectivity index (χ2v) is 8.99. The Morgan fingerprint density at radius 2 is 1.81 bits per heavy atom. The molecule has 2 aromatic carbocycles. The van der Waals surface area contributed by atoms with Gasteiger partial charge in [-0.1, -0.05) is 45.0 Å². The van der Waals surface area contributed by atoms with E-state index < -0.39 is 0 Å². The van der Waals surface area contributed by atoms with Crippen molar-refractivity contribution in [1.82, 2.24) is 0 Å². The van der Waals surface area contributed by atoms with E-state index in [2.05, 4.69) is 50.4 Å². The molecule has 0 bridgehead atoms. The summed E-state index contributed by atoms with van der Waals surface area (Å²) in [5, 5.41) is 2.89. The van der Waals surface area contributed by atoms with Crippen LogP contribution in [0.25, 0.3) is 0 Å². The number of hydrogen-bond donors (Lipinski definition) is 1. The van der Waals surface area contributed by atoms with Gasteiger partial charge in [0.25, 0.3) is 0 Å². The molecular weight excluding hydrogens is 356 g/mol. The molecule has 1 aliphatic rings. The number of fused-ring (bicyclic) bond motifs is 1. The highest BCUT2D eigenvalue weighted by molar-refractivity contribution is 8.00. The number of anilines is 2. The lowest BCUT2D eigenvalue weighted by atomic mass is 9.87. The number of carbonyl (C=O) groups excluding carboxylic acids is 2. The average Bonchev–Trinajstić information content (AvgIpc) is 2.73. The molecular formula is C22H26N2O2S. The maximum Gasteiger partial charge on any atom is 0.237 e. The molecule has 0 saturated carbocycles. The minimum Gasteiger partial charge on any atom is -0.324 e.